The number of benzene rings is 3. The molecular weight excluding hydrogens is 395 g/mol. The normalized spacial score (nSPS) is 16.9. The van der Waals surface area contributed by atoms with Crippen LogP contribution in [0.2, 0.25) is 0 Å². The number of aromatic nitrogens is 1. The lowest BCUT2D eigenvalue weighted by Crippen LogP contribution is -2.41. The highest BCUT2D eigenvalue weighted by atomic mass is 16.7. The third kappa shape index (κ3) is 3.58. The Kier molecular flexibility index (Phi) is 5.03. The van der Waals surface area contributed by atoms with Gasteiger partial charge in [0, 0.05) is 17.3 Å². The molecule has 1 aliphatic rings. The van der Waals surface area contributed by atoms with Crippen molar-refractivity contribution in [2.75, 3.05) is 4.90 Å². The van der Waals surface area contributed by atoms with Crippen LogP contribution in [0, 0.1) is 0 Å². The van der Waals surface area contributed by atoms with E-state index in [0.29, 0.717) is 0 Å². The topological polar surface area (TPSA) is 34.6 Å². The van der Waals surface area contributed by atoms with Crippen LogP contribution in [0.25, 0.3) is 10.8 Å². The van der Waals surface area contributed by atoms with Gasteiger partial charge in [0.1, 0.15) is 5.82 Å². The van der Waals surface area contributed by atoms with Crippen molar-refractivity contribution in [1.82, 2.24) is 4.98 Å². The summed E-state index contributed by atoms with van der Waals surface area (Å²) in [6.45, 7) is 8.31. The molecule has 3 aromatic carbocycles. The Morgan fingerprint density at radius 2 is 1.44 bits per heavy atom. The number of pyridine rings is 1. The van der Waals surface area contributed by atoms with Crippen molar-refractivity contribution in [3.8, 4) is 0 Å². The standard InChI is InChI=1S/C27H27BN2O2/c1-26(2)27(3,4)32-28(31-26)21-13-10-14-22(19-21)30(25-17-7-8-18-29-25)24-16-9-12-20-11-5-6-15-23(20)24/h5-19H,1-4H3. The van der Waals surface area contributed by atoms with Crippen LogP contribution in [0.15, 0.2) is 91.1 Å². The fourth-order valence-electron chi connectivity index (χ4n) is 4.07. The summed E-state index contributed by atoms with van der Waals surface area (Å²) in [5.74, 6) is 0.856. The van der Waals surface area contributed by atoms with Crippen LogP contribution in [0.5, 0.6) is 0 Å². The maximum Gasteiger partial charge on any atom is 0.494 e. The lowest BCUT2D eigenvalue weighted by atomic mass is 9.79. The van der Waals surface area contributed by atoms with Crippen LogP contribution in [0.4, 0.5) is 17.2 Å². The van der Waals surface area contributed by atoms with Crippen LogP contribution in [0.3, 0.4) is 0 Å². The molecule has 0 radical (unpaired) electrons. The van der Waals surface area contributed by atoms with Crippen molar-refractivity contribution >= 4 is 40.5 Å². The molecule has 0 amide bonds. The molecule has 1 aromatic heterocycles. The summed E-state index contributed by atoms with van der Waals surface area (Å²) in [6.07, 6.45) is 1.82. The molecule has 0 aliphatic carbocycles. The van der Waals surface area contributed by atoms with Crippen molar-refractivity contribution < 1.29 is 9.31 Å². The molecule has 1 aliphatic heterocycles. The lowest BCUT2D eigenvalue weighted by molar-refractivity contribution is 0.00578. The van der Waals surface area contributed by atoms with E-state index in [2.05, 4.69) is 104 Å². The minimum Gasteiger partial charge on any atom is -0.399 e. The van der Waals surface area contributed by atoms with E-state index in [9.17, 15) is 0 Å². The summed E-state index contributed by atoms with van der Waals surface area (Å²) in [5, 5.41) is 2.36. The third-order valence-electron chi connectivity index (χ3n) is 6.54. The van der Waals surface area contributed by atoms with Crippen molar-refractivity contribution in [3.05, 3.63) is 91.1 Å². The van der Waals surface area contributed by atoms with Gasteiger partial charge in [0.25, 0.3) is 0 Å². The van der Waals surface area contributed by atoms with Crippen molar-refractivity contribution in [1.29, 1.82) is 0 Å². The van der Waals surface area contributed by atoms with Gasteiger partial charge in [-0.05, 0) is 68.9 Å². The molecule has 0 spiro atoms. The summed E-state index contributed by atoms with van der Waals surface area (Å²) in [4.78, 5) is 6.87. The second-order valence-corrected chi connectivity index (χ2v) is 9.20. The summed E-state index contributed by atoms with van der Waals surface area (Å²) < 4.78 is 12.6. The van der Waals surface area contributed by atoms with Crippen LogP contribution < -0.4 is 10.4 Å². The highest BCUT2D eigenvalue weighted by molar-refractivity contribution is 6.62. The van der Waals surface area contributed by atoms with Gasteiger partial charge in [-0.3, -0.25) is 4.90 Å². The monoisotopic (exact) mass is 422 g/mol. The number of fused-ring (bicyclic) bond motifs is 1. The van der Waals surface area contributed by atoms with Gasteiger partial charge in [-0.15, -0.1) is 0 Å². The molecule has 5 heteroatoms. The van der Waals surface area contributed by atoms with Gasteiger partial charge in [-0.2, -0.15) is 0 Å². The summed E-state index contributed by atoms with van der Waals surface area (Å²) in [7, 11) is -0.418. The molecule has 0 N–H and O–H groups in total. The number of hydrogen-bond donors (Lipinski definition) is 0. The largest absolute Gasteiger partial charge is 0.494 e. The van der Waals surface area contributed by atoms with E-state index in [1.54, 1.807) is 0 Å². The van der Waals surface area contributed by atoms with Gasteiger partial charge >= 0.3 is 7.12 Å². The summed E-state index contributed by atoms with van der Waals surface area (Å²) in [5.41, 5.74) is 2.30. The van der Waals surface area contributed by atoms with E-state index < -0.39 is 7.12 Å². The van der Waals surface area contributed by atoms with Gasteiger partial charge in [-0.1, -0.05) is 54.6 Å². The van der Waals surface area contributed by atoms with Crippen LogP contribution in [-0.2, 0) is 9.31 Å². The molecule has 0 bridgehead atoms. The second kappa shape index (κ2) is 7.77. The fourth-order valence-corrected chi connectivity index (χ4v) is 4.07. The Morgan fingerprint density at radius 1 is 0.750 bits per heavy atom. The molecular formula is C27H27BN2O2. The number of hydrogen-bond acceptors (Lipinski definition) is 4. The molecule has 1 saturated heterocycles. The molecule has 0 saturated carbocycles. The predicted octanol–water partition coefficient (Wildman–Crippen LogP) is 6.00. The molecule has 0 atom stereocenters. The number of anilines is 3. The van der Waals surface area contributed by atoms with Crippen LogP contribution in [-0.4, -0.2) is 23.3 Å². The molecule has 5 rings (SSSR count). The minimum absolute atomic E-state index is 0.385. The van der Waals surface area contributed by atoms with Gasteiger partial charge in [0.05, 0.1) is 16.9 Å². The smallest absolute Gasteiger partial charge is 0.399 e. The van der Waals surface area contributed by atoms with Crippen molar-refractivity contribution in [2.24, 2.45) is 0 Å². The van der Waals surface area contributed by atoms with Gasteiger partial charge in [0.2, 0.25) is 0 Å². The van der Waals surface area contributed by atoms with E-state index in [-0.39, 0.29) is 11.2 Å². The molecule has 4 aromatic rings. The van der Waals surface area contributed by atoms with E-state index in [4.69, 9.17) is 9.31 Å². The average Bonchev–Trinajstić information content (AvgIpc) is 3.02. The first-order chi connectivity index (χ1) is 15.4. The fraction of sp³-hybridized carbons (Fsp3) is 0.222. The molecule has 0 unspecified atom stereocenters. The van der Waals surface area contributed by atoms with E-state index in [0.717, 1.165) is 22.7 Å². The maximum absolute atomic E-state index is 6.31. The third-order valence-corrected chi connectivity index (χ3v) is 6.54. The van der Waals surface area contributed by atoms with Gasteiger partial charge in [-0.25, -0.2) is 4.98 Å². The quantitative estimate of drug-likeness (QED) is 0.378. The highest BCUT2D eigenvalue weighted by Crippen LogP contribution is 2.39. The minimum atomic E-state index is -0.418. The Balaban J connectivity index is 1.64. The van der Waals surface area contributed by atoms with Crippen LogP contribution in [0.1, 0.15) is 27.7 Å². The summed E-state index contributed by atoms with van der Waals surface area (Å²) in [6, 6.07) is 29.1. The van der Waals surface area contributed by atoms with Crippen LogP contribution >= 0.6 is 0 Å². The molecule has 1 fully saturated rings. The van der Waals surface area contributed by atoms with E-state index in [1.807, 2.05) is 24.4 Å². The zero-order valence-corrected chi connectivity index (χ0v) is 18.9. The SMILES string of the molecule is CC1(C)OB(c2cccc(N(c3ccccn3)c3cccc4ccccc34)c2)OC1(C)C. The molecule has 32 heavy (non-hydrogen) atoms. The average molecular weight is 422 g/mol. The second-order valence-electron chi connectivity index (χ2n) is 9.20. The van der Waals surface area contributed by atoms with E-state index >= 15 is 0 Å². The molecule has 2 heterocycles. The van der Waals surface area contributed by atoms with Crippen molar-refractivity contribution in [2.45, 2.75) is 38.9 Å². The lowest BCUT2D eigenvalue weighted by Gasteiger charge is -2.32. The highest BCUT2D eigenvalue weighted by Gasteiger charge is 2.51. The van der Waals surface area contributed by atoms with Gasteiger partial charge in [0.15, 0.2) is 0 Å². The Morgan fingerprint density at radius 3 is 2.19 bits per heavy atom. The zero-order chi connectivity index (χ0) is 22.3. The van der Waals surface area contributed by atoms with Crippen molar-refractivity contribution in [3.63, 3.8) is 0 Å². The first-order valence-electron chi connectivity index (χ1n) is 11.0. The molecule has 160 valence electrons. The first kappa shape index (κ1) is 20.7. The summed E-state index contributed by atoms with van der Waals surface area (Å²) >= 11 is 0. The number of nitrogens with zero attached hydrogens (tertiary/aromatic N) is 2. The molecule has 4 nitrogen and oxygen atoms in total. The number of rotatable bonds is 4. The van der Waals surface area contributed by atoms with E-state index in [1.165, 1.54) is 10.8 Å². The Labute approximate surface area is 190 Å². The Hall–Kier alpha value is -3.15. The first-order valence-corrected chi connectivity index (χ1v) is 11.0. The maximum atomic E-state index is 6.31. The Bertz CT molecular complexity index is 1240. The predicted molar refractivity (Wildman–Crippen MR) is 132 cm³/mol. The van der Waals surface area contributed by atoms with Gasteiger partial charge < -0.3 is 9.31 Å². The zero-order valence-electron chi connectivity index (χ0n) is 18.9.